The molecule has 2 aromatic carbocycles. The Morgan fingerprint density at radius 2 is 1.83 bits per heavy atom. The number of hydrogen-bond donors (Lipinski definition) is 2. The van der Waals surface area contributed by atoms with Gasteiger partial charge < -0.3 is 10.1 Å². The number of amides is 4. The Morgan fingerprint density at radius 1 is 1.17 bits per heavy atom. The van der Waals surface area contributed by atoms with Crippen molar-refractivity contribution in [2.75, 3.05) is 12.0 Å². The molecule has 2 N–H and O–H groups in total. The lowest BCUT2D eigenvalue weighted by atomic mass is 10.1. The van der Waals surface area contributed by atoms with Gasteiger partial charge in [-0.3, -0.25) is 14.9 Å². The number of urea groups is 1. The maximum absolute atomic E-state index is 13.9. The van der Waals surface area contributed by atoms with E-state index in [0.717, 1.165) is 6.07 Å². The highest BCUT2D eigenvalue weighted by atomic mass is 35.5. The number of nitrogens with one attached hydrogen (secondary N) is 2. The second-order valence-corrected chi connectivity index (χ2v) is 6.42. The molecule has 3 rings (SSSR count). The molecule has 1 atom stereocenters. The van der Waals surface area contributed by atoms with E-state index in [1.807, 2.05) is 0 Å². The zero-order valence-electron chi connectivity index (χ0n) is 14.7. The molecule has 7 nitrogen and oxygen atoms in total. The number of carbonyl (C=O) groups excluding carboxylic acids is 3. The predicted molar refractivity (Wildman–Crippen MR) is 96.7 cm³/mol. The van der Waals surface area contributed by atoms with Crippen molar-refractivity contribution in [3.8, 4) is 5.75 Å². The zero-order chi connectivity index (χ0) is 21.4. The second-order valence-electron chi connectivity index (χ2n) is 5.98. The fourth-order valence-corrected chi connectivity index (χ4v) is 2.91. The normalized spacial score (nSPS) is 19.1. The molecule has 11 heteroatoms. The van der Waals surface area contributed by atoms with E-state index in [1.165, 1.54) is 49.6 Å². The minimum atomic E-state index is -5.32. The van der Waals surface area contributed by atoms with Crippen molar-refractivity contribution in [3.63, 3.8) is 0 Å². The first-order chi connectivity index (χ1) is 13.6. The van der Waals surface area contributed by atoms with Crippen LogP contribution in [0.2, 0.25) is 5.02 Å². The third-order valence-electron chi connectivity index (χ3n) is 4.17. The van der Waals surface area contributed by atoms with Crippen LogP contribution < -0.4 is 20.3 Å². The Kier molecular flexibility index (Phi) is 5.14. The van der Waals surface area contributed by atoms with Crippen LogP contribution >= 0.6 is 11.6 Å². The summed E-state index contributed by atoms with van der Waals surface area (Å²) in [6.45, 7) is 0. The van der Waals surface area contributed by atoms with Gasteiger partial charge in [-0.15, -0.1) is 0 Å². The van der Waals surface area contributed by atoms with E-state index in [-0.39, 0.29) is 16.3 Å². The van der Waals surface area contributed by atoms with E-state index in [9.17, 15) is 27.6 Å². The van der Waals surface area contributed by atoms with Crippen LogP contribution in [0.5, 0.6) is 5.75 Å². The quantitative estimate of drug-likeness (QED) is 0.734. The molecule has 1 saturated heterocycles. The minimum absolute atomic E-state index is 0.111. The highest BCUT2D eigenvalue weighted by Crippen LogP contribution is 2.36. The van der Waals surface area contributed by atoms with Crippen molar-refractivity contribution in [2.45, 2.75) is 11.8 Å². The average molecular weight is 428 g/mol. The fraction of sp³-hybridized carbons (Fsp3) is 0.167. The van der Waals surface area contributed by atoms with Gasteiger partial charge in [-0.25, -0.2) is 9.69 Å². The molecular weight excluding hydrogens is 415 g/mol. The number of hydrogen-bond acceptors (Lipinski definition) is 4. The average Bonchev–Trinajstić information content (AvgIpc) is 2.92. The molecular formula is C18H13ClF3N3O4. The number of methoxy groups -OCH3 is 1. The fourth-order valence-electron chi connectivity index (χ4n) is 2.72. The molecule has 0 bridgehead atoms. The van der Waals surface area contributed by atoms with E-state index < -0.39 is 29.7 Å². The summed E-state index contributed by atoms with van der Waals surface area (Å²) in [5.41, 5.74) is -3.98. The second kappa shape index (κ2) is 7.28. The molecule has 0 spiro atoms. The van der Waals surface area contributed by atoms with Gasteiger partial charge in [0.1, 0.15) is 5.75 Å². The Hall–Kier alpha value is -3.27. The number of anilines is 1. The third kappa shape index (κ3) is 3.58. The maximum Gasteiger partial charge on any atom is 0.440 e. The molecule has 0 aliphatic carbocycles. The summed E-state index contributed by atoms with van der Waals surface area (Å²) in [5.74, 6) is -2.57. The van der Waals surface area contributed by atoms with Gasteiger partial charge in [-0.05, 0) is 42.5 Å². The lowest BCUT2D eigenvalue weighted by Gasteiger charge is -2.29. The summed E-state index contributed by atoms with van der Waals surface area (Å²) < 4.78 is 46.6. The Bertz CT molecular complexity index is 981. The van der Waals surface area contributed by atoms with Crippen LogP contribution in [0.1, 0.15) is 10.4 Å². The Labute approximate surface area is 167 Å². The Balaban J connectivity index is 1.99. The third-order valence-corrected chi connectivity index (χ3v) is 4.40. The van der Waals surface area contributed by atoms with Crippen LogP contribution in [-0.2, 0) is 4.79 Å². The van der Waals surface area contributed by atoms with Gasteiger partial charge in [0.05, 0.1) is 12.8 Å². The molecule has 2 aromatic rings. The number of ether oxygens (including phenoxy) is 1. The first-order valence-electron chi connectivity index (χ1n) is 8.04. The molecule has 4 amide bonds. The molecule has 0 radical (unpaired) electrons. The largest absolute Gasteiger partial charge is 0.497 e. The number of alkyl halides is 3. The number of imide groups is 1. The SMILES string of the molecule is COc1ccc(N2C(=O)NC(NC(=O)c3cccc(Cl)c3)(C(F)(F)F)C2=O)cc1. The van der Waals surface area contributed by atoms with Gasteiger partial charge in [0.2, 0.25) is 0 Å². The lowest BCUT2D eigenvalue weighted by Crippen LogP contribution is -2.69. The van der Waals surface area contributed by atoms with E-state index in [1.54, 1.807) is 10.6 Å². The van der Waals surface area contributed by atoms with E-state index in [4.69, 9.17) is 16.3 Å². The summed E-state index contributed by atoms with van der Waals surface area (Å²) in [5, 5.41) is 3.29. The number of nitrogens with zero attached hydrogens (tertiary/aromatic N) is 1. The number of halogens is 4. The van der Waals surface area contributed by atoms with Crippen LogP contribution in [0.4, 0.5) is 23.7 Å². The van der Waals surface area contributed by atoms with Gasteiger partial charge in [0.25, 0.3) is 17.5 Å². The van der Waals surface area contributed by atoms with E-state index in [2.05, 4.69) is 0 Å². The number of benzene rings is 2. The number of carbonyl (C=O) groups is 3. The van der Waals surface area contributed by atoms with Gasteiger partial charge in [-0.2, -0.15) is 13.2 Å². The topological polar surface area (TPSA) is 87.7 Å². The smallest absolute Gasteiger partial charge is 0.440 e. The molecule has 29 heavy (non-hydrogen) atoms. The van der Waals surface area contributed by atoms with Crippen molar-refractivity contribution in [3.05, 3.63) is 59.1 Å². The van der Waals surface area contributed by atoms with Gasteiger partial charge >= 0.3 is 12.2 Å². The van der Waals surface area contributed by atoms with Crippen molar-refractivity contribution in [1.82, 2.24) is 10.6 Å². The summed E-state index contributed by atoms with van der Waals surface area (Å²) in [6.07, 6.45) is -5.32. The van der Waals surface area contributed by atoms with Crippen LogP contribution in [0, 0.1) is 0 Å². The molecule has 152 valence electrons. The first kappa shape index (κ1) is 20.5. The standard InChI is InChI=1S/C18H13ClF3N3O4/c1-29-13-7-5-12(6-8-13)25-15(27)17(18(20,21)22,24-16(25)28)23-14(26)10-3-2-4-11(19)9-10/h2-9H,1H3,(H,23,26)(H,24,28). The molecule has 0 aromatic heterocycles. The molecule has 1 unspecified atom stereocenters. The van der Waals surface area contributed by atoms with Crippen molar-refractivity contribution in [1.29, 1.82) is 0 Å². The maximum atomic E-state index is 13.9. The summed E-state index contributed by atoms with van der Waals surface area (Å²) in [4.78, 5) is 37.7. The molecule has 1 fully saturated rings. The summed E-state index contributed by atoms with van der Waals surface area (Å²) >= 11 is 5.75. The highest BCUT2D eigenvalue weighted by molar-refractivity contribution is 6.31. The van der Waals surface area contributed by atoms with Crippen molar-refractivity contribution >= 4 is 35.1 Å². The molecule has 1 aliphatic heterocycles. The van der Waals surface area contributed by atoms with Crippen LogP contribution in [-0.4, -0.2) is 36.8 Å². The van der Waals surface area contributed by atoms with E-state index >= 15 is 0 Å². The van der Waals surface area contributed by atoms with Crippen LogP contribution in [0.15, 0.2) is 48.5 Å². The van der Waals surface area contributed by atoms with Crippen molar-refractivity contribution in [2.24, 2.45) is 0 Å². The number of rotatable bonds is 4. The van der Waals surface area contributed by atoms with Gasteiger partial charge in [0, 0.05) is 10.6 Å². The predicted octanol–water partition coefficient (Wildman–Crippen LogP) is 3.09. The van der Waals surface area contributed by atoms with Crippen molar-refractivity contribution < 1.29 is 32.3 Å². The summed E-state index contributed by atoms with van der Waals surface area (Å²) in [6, 6.07) is 8.99. The zero-order valence-corrected chi connectivity index (χ0v) is 15.5. The lowest BCUT2D eigenvalue weighted by molar-refractivity contribution is -0.197. The van der Waals surface area contributed by atoms with Crippen LogP contribution in [0.25, 0.3) is 0 Å². The monoisotopic (exact) mass is 427 g/mol. The minimum Gasteiger partial charge on any atom is -0.497 e. The molecule has 1 aliphatic rings. The Morgan fingerprint density at radius 3 is 2.38 bits per heavy atom. The van der Waals surface area contributed by atoms with E-state index in [0.29, 0.717) is 10.6 Å². The molecule has 1 heterocycles. The van der Waals surface area contributed by atoms with Crippen LogP contribution in [0.3, 0.4) is 0 Å². The first-order valence-corrected chi connectivity index (χ1v) is 8.42. The molecule has 0 saturated carbocycles. The van der Waals surface area contributed by atoms with Gasteiger partial charge in [-0.1, -0.05) is 17.7 Å². The highest BCUT2D eigenvalue weighted by Gasteiger charge is 2.69. The summed E-state index contributed by atoms with van der Waals surface area (Å²) in [7, 11) is 1.38. The van der Waals surface area contributed by atoms with Gasteiger partial charge in [0.15, 0.2) is 0 Å².